The Labute approximate surface area is 160 Å². The largest absolute Gasteiger partial charge is 0.339 e. The first-order chi connectivity index (χ1) is 13.1. The van der Waals surface area contributed by atoms with Crippen molar-refractivity contribution >= 4 is 23.2 Å². The summed E-state index contributed by atoms with van der Waals surface area (Å²) in [6.45, 7) is 3.78. The molecule has 1 fully saturated rings. The van der Waals surface area contributed by atoms with Crippen molar-refractivity contribution in [3.05, 3.63) is 53.8 Å². The van der Waals surface area contributed by atoms with Crippen LogP contribution >= 0.6 is 11.3 Å². The number of amides is 2. The Kier molecular flexibility index (Phi) is 4.72. The van der Waals surface area contributed by atoms with E-state index in [0.29, 0.717) is 31.9 Å². The van der Waals surface area contributed by atoms with Crippen LogP contribution < -0.4 is 0 Å². The minimum Gasteiger partial charge on any atom is -0.339 e. The molecule has 0 spiro atoms. The van der Waals surface area contributed by atoms with Crippen LogP contribution in [0.4, 0.5) is 0 Å². The summed E-state index contributed by atoms with van der Waals surface area (Å²) in [6.07, 6.45) is 3.67. The molecule has 4 rings (SSSR count). The molecule has 138 valence electrons. The van der Waals surface area contributed by atoms with E-state index in [4.69, 9.17) is 0 Å². The van der Waals surface area contributed by atoms with Gasteiger partial charge in [0.05, 0.1) is 11.9 Å². The molecule has 1 aliphatic heterocycles. The first-order valence-electron chi connectivity index (χ1n) is 8.72. The highest BCUT2D eigenvalue weighted by molar-refractivity contribution is 7.13. The fourth-order valence-corrected chi connectivity index (χ4v) is 3.82. The molecule has 0 atom stereocenters. The third-order valence-corrected chi connectivity index (χ3v) is 5.48. The van der Waals surface area contributed by atoms with Crippen LogP contribution in [-0.4, -0.2) is 62.6 Å². The number of nitrogens with zero attached hydrogens (tertiary/aromatic N) is 5. The molecular formula is C19H19N5O2S. The van der Waals surface area contributed by atoms with Crippen molar-refractivity contribution in [3.63, 3.8) is 0 Å². The van der Waals surface area contributed by atoms with Crippen molar-refractivity contribution in [1.82, 2.24) is 24.6 Å². The van der Waals surface area contributed by atoms with Gasteiger partial charge >= 0.3 is 0 Å². The predicted molar refractivity (Wildman–Crippen MR) is 103 cm³/mol. The molecule has 8 heteroatoms. The van der Waals surface area contributed by atoms with Crippen molar-refractivity contribution in [1.29, 1.82) is 0 Å². The Morgan fingerprint density at radius 2 is 1.74 bits per heavy atom. The molecular weight excluding hydrogens is 362 g/mol. The zero-order valence-electron chi connectivity index (χ0n) is 14.9. The number of rotatable bonds is 3. The zero-order valence-corrected chi connectivity index (χ0v) is 15.7. The number of para-hydroxylation sites is 1. The molecule has 0 bridgehead atoms. The first kappa shape index (κ1) is 17.4. The molecule has 3 aromatic rings. The van der Waals surface area contributed by atoms with Crippen LogP contribution in [-0.2, 0) is 4.79 Å². The van der Waals surface area contributed by atoms with E-state index in [1.807, 2.05) is 36.5 Å². The van der Waals surface area contributed by atoms with Gasteiger partial charge in [-0.2, -0.15) is 5.10 Å². The highest BCUT2D eigenvalue weighted by atomic mass is 32.1. The van der Waals surface area contributed by atoms with Gasteiger partial charge in [0, 0.05) is 50.2 Å². The molecule has 1 aliphatic rings. The Bertz CT molecular complexity index is 957. The number of carbonyl (C=O) groups is 2. The van der Waals surface area contributed by atoms with Crippen molar-refractivity contribution in [3.8, 4) is 16.3 Å². The predicted octanol–water partition coefficient (Wildman–Crippen LogP) is 2.30. The van der Waals surface area contributed by atoms with Crippen molar-refractivity contribution < 1.29 is 9.59 Å². The maximum absolute atomic E-state index is 12.7. The minimum atomic E-state index is -0.0869. The standard InChI is InChI=1S/C19H19N5O2S/c1-14(25)22-7-9-23(10-8-22)19(26)17-13-27-18(21-17)15-11-20-24(12-15)16-5-3-2-4-6-16/h2-6,11-13H,7-10H2,1H3. The van der Waals surface area contributed by atoms with Gasteiger partial charge in [-0.3, -0.25) is 9.59 Å². The molecule has 1 aromatic carbocycles. The van der Waals surface area contributed by atoms with Gasteiger partial charge in [0.2, 0.25) is 5.91 Å². The van der Waals surface area contributed by atoms with Crippen LogP contribution in [0.3, 0.4) is 0 Å². The summed E-state index contributed by atoms with van der Waals surface area (Å²) in [5.74, 6) is -0.0374. The van der Waals surface area contributed by atoms with Crippen LogP contribution in [0.25, 0.3) is 16.3 Å². The fourth-order valence-electron chi connectivity index (χ4n) is 3.05. The summed E-state index contributed by atoms with van der Waals surface area (Å²) < 4.78 is 1.79. The lowest BCUT2D eigenvalue weighted by Gasteiger charge is -2.33. The number of carbonyl (C=O) groups excluding carboxylic acids is 2. The van der Waals surface area contributed by atoms with Gasteiger partial charge in [0.15, 0.2) is 0 Å². The lowest BCUT2D eigenvalue weighted by molar-refractivity contribution is -0.130. The summed E-state index contributed by atoms with van der Waals surface area (Å²) >= 11 is 1.43. The van der Waals surface area contributed by atoms with E-state index in [1.54, 1.807) is 33.0 Å². The lowest BCUT2D eigenvalue weighted by Crippen LogP contribution is -2.50. The van der Waals surface area contributed by atoms with E-state index in [1.165, 1.54) is 11.3 Å². The molecule has 27 heavy (non-hydrogen) atoms. The molecule has 2 amide bonds. The second kappa shape index (κ2) is 7.32. The van der Waals surface area contributed by atoms with E-state index < -0.39 is 0 Å². The molecule has 0 radical (unpaired) electrons. The summed E-state index contributed by atoms with van der Waals surface area (Å²) in [4.78, 5) is 32.1. The molecule has 2 aromatic heterocycles. The number of hydrogen-bond donors (Lipinski definition) is 0. The van der Waals surface area contributed by atoms with Gasteiger partial charge in [-0.25, -0.2) is 9.67 Å². The van der Waals surface area contributed by atoms with Crippen molar-refractivity contribution in [2.45, 2.75) is 6.92 Å². The maximum Gasteiger partial charge on any atom is 0.273 e. The fraction of sp³-hybridized carbons (Fsp3) is 0.263. The number of benzene rings is 1. The summed E-state index contributed by atoms with van der Waals surface area (Å²) in [6, 6.07) is 9.84. The molecule has 0 unspecified atom stereocenters. The number of aromatic nitrogens is 3. The minimum absolute atomic E-state index is 0.0495. The second-order valence-electron chi connectivity index (χ2n) is 6.35. The summed E-state index contributed by atoms with van der Waals surface area (Å²) in [7, 11) is 0. The van der Waals surface area contributed by atoms with Gasteiger partial charge in [-0.15, -0.1) is 11.3 Å². The van der Waals surface area contributed by atoms with Crippen LogP contribution in [0.5, 0.6) is 0 Å². The van der Waals surface area contributed by atoms with Gasteiger partial charge in [0.25, 0.3) is 5.91 Å². The Morgan fingerprint density at radius 3 is 2.44 bits per heavy atom. The van der Waals surface area contributed by atoms with E-state index in [0.717, 1.165) is 16.3 Å². The molecule has 0 N–H and O–H groups in total. The first-order valence-corrected chi connectivity index (χ1v) is 9.60. The molecule has 0 aliphatic carbocycles. The Balaban J connectivity index is 1.47. The molecule has 1 saturated heterocycles. The number of piperazine rings is 1. The molecule has 3 heterocycles. The van der Waals surface area contributed by atoms with Crippen LogP contribution in [0.2, 0.25) is 0 Å². The SMILES string of the molecule is CC(=O)N1CCN(C(=O)c2csc(-c3cnn(-c4ccccc4)c3)n2)CC1. The Morgan fingerprint density at radius 1 is 1.04 bits per heavy atom. The quantitative estimate of drug-likeness (QED) is 0.698. The maximum atomic E-state index is 12.7. The van der Waals surface area contributed by atoms with Crippen LogP contribution in [0, 0.1) is 0 Å². The van der Waals surface area contributed by atoms with E-state index >= 15 is 0 Å². The van der Waals surface area contributed by atoms with Crippen molar-refractivity contribution in [2.24, 2.45) is 0 Å². The third-order valence-electron chi connectivity index (χ3n) is 4.59. The van der Waals surface area contributed by atoms with Gasteiger partial charge in [-0.1, -0.05) is 18.2 Å². The highest BCUT2D eigenvalue weighted by Crippen LogP contribution is 2.25. The zero-order chi connectivity index (χ0) is 18.8. The average Bonchev–Trinajstić information content (AvgIpc) is 3.38. The van der Waals surface area contributed by atoms with Crippen LogP contribution in [0.1, 0.15) is 17.4 Å². The summed E-state index contributed by atoms with van der Waals surface area (Å²) in [5, 5.41) is 6.94. The van der Waals surface area contributed by atoms with Gasteiger partial charge in [-0.05, 0) is 12.1 Å². The van der Waals surface area contributed by atoms with Gasteiger partial charge in [0.1, 0.15) is 10.7 Å². The highest BCUT2D eigenvalue weighted by Gasteiger charge is 2.25. The monoisotopic (exact) mass is 381 g/mol. The second-order valence-corrected chi connectivity index (χ2v) is 7.20. The average molecular weight is 381 g/mol. The normalized spacial score (nSPS) is 14.4. The van der Waals surface area contributed by atoms with Gasteiger partial charge < -0.3 is 9.80 Å². The topological polar surface area (TPSA) is 71.3 Å². The molecule has 7 nitrogen and oxygen atoms in total. The van der Waals surface area contributed by atoms with E-state index in [9.17, 15) is 9.59 Å². The molecule has 0 saturated carbocycles. The van der Waals surface area contributed by atoms with E-state index in [2.05, 4.69) is 10.1 Å². The lowest BCUT2D eigenvalue weighted by atomic mass is 10.3. The van der Waals surface area contributed by atoms with Crippen LogP contribution in [0.15, 0.2) is 48.1 Å². The Hall–Kier alpha value is -3.00. The summed E-state index contributed by atoms with van der Waals surface area (Å²) in [5.41, 5.74) is 2.29. The van der Waals surface area contributed by atoms with Crippen molar-refractivity contribution in [2.75, 3.05) is 26.2 Å². The smallest absolute Gasteiger partial charge is 0.273 e. The third kappa shape index (κ3) is 3.61. The van der Waals surface area contributed by atoms with E-state index in [-0.39, 0.29) is 11.8 Å². The number of hydrogen-bond acceptors (Lipinski definition) is 5. The number of thiazole rings is 1.